The molecule has 0 aliphatic rings. The van der Waals surface area contributed by atoms with Crippen LogP contribution in [0.3, 0.4) is 0 Å². The lowest BCUT2D eigenvalue weighted by molar-refractivity contribution is -0.129. The lowest BCUT2D eigenvalue weighted by Crippen LogP contribution is -2.27. The van der Waals surface area contributed by atoms with Crippen molar-refractivity contribution in [2.75, 3.05) is 6.54 Å². The SMILES string of the molecule is CCN(Cc1nc(-c2ccc(Cl)cc2)no1)C(C)=O. The van der Waals surface area contributed by atoms with E-state index in [9.17, 15) is 4.79 Å². The molecule has 0 bridgehead atoms. The van der Waals surface area contributed by atoms with Gasteiger partial charge in [-0.25, -0.2) is 0 Å². The average molecular weight is 280 g/mol. The maximum absolute atomic E-state index is 11.3. The van der Waals surface area contributed by atoms with E-state index in [0.717, 1.165) is 5.56 Å². The molecule has 0 aliphatic carbocycles. The van der Waals surface area contributed by atoms with Crippen LogP contribution < -0.4 is 0 Å². The van der Waals surface area contributed by atoms with E-state index in [1.165, 1.54) is 6.92 Å². The number of amides is 1. The Hall–Kier alpha value is -1.88. The summed E-state index contributed by atoms with van der Waals surface area (Å²) in [6.07, 6.45) is 0. The van der Waals surface area contributed by atoms with Gasteiger partial charge in [0.05, 0.1) is 6.54 Å². The number of carbonyl (C=O) groups excluding carboxylic acids is 1. The summed E-state index contributed by atoms with van der Waals surface area (Å²) in [5.41, 5.74) is 0.824. The Morgan fingerprint density at radius 3 is 2.63 bits per heavy atom. The molecule has 0 N–H and O–H groups in total. The van der Waals surface area contributed by atoms with E-state index in [1.807, 2.05) is 19.1 Å². The van der Waals surface area contributed by atoms with Gasteiger partial charge in [-0.2, -0.15) is 4.98 Å². The second-order valence-corrected chi connectivity index (χ2v) is 4.49. The van der Waals surface area contributed by atoms with Gasteiger partial charge in [-0.05, 0) is 31.2 Å². The van der Waals surface area contributed by atoms with Crippen LogP contribution in [-0.4, -0.2) is 27.5 Å². The molecule has 0 saturated carbocycles. The van der Waals surface area contributed by atoms with Gasteiger partial charge < -0.3 is 9.42 Å². The second kappa shape index (κ2) is 5.84. The van der Waals surface area contributed by atoms with Crippen LogP contribution in [0.5, 0.6) is 0 Å². The first-order chi connectivity index (χ1) is 9.10. The van der Waals surface area contributed by atoms with Crippen LogP contribution in [0, 0.1) is 0 Å². The molecular formula is C13H14ClN3O2. The Bertz CT molecular complexity index is 566. The third kappa shape index (κ3) is 3.32. The van der Waals surface area contributed by atoms with Gasteiger partial charge in [0, 0.05) is 24.1 Å². The molecule has 1 amide bonds. The van der Waals surface area contributed by atoms with Crippen molar-refractivity contribution < 1.29 is 9.32 Å². The van der Waals surface area contributed by atoms with Crippen LogP contribution >= 0.6 is 11.6 Å². The minimum Gasteiger partial charge on any atom is -0.337 e. The summed E-state index contributed by atoms with van der Waals surface area (Å²) in [5, 5.41) is 4.55. The zero-order valence-corrected chi connectivity index (χ0v) is 11.5. The topological polar surface area (TPSA) is 59.2 Å². The lowest BCUT2D eigenvalue weighted by Gasteiger charge is -2.15. The summed E-state index contributed by atoms with van der Waals surface area (Å²) in [5.74, 6) is 0.891. The third-order valence-electron chi connectivity index (χ3n) is 2.72. The number of hydrogen-bond acceptors (Lipinski definition) is 4. The van der Waals surface area contributed by atoms with Gasteiger partial charge in [0.25, 0.3) is 0 Å². The van der Waals surface area contributed by atoms with Gasteiger partial charge in [-0.15, -0.1) is 0 Å². The standard InChI is InChI=1S/C13H14ClN3O2/c1-3-17(9(2)18)8-12-15-13(16-19-12)10-4-6-11(14)7-5-10/h4-7H,3,8H2,1-2H3. The fourth-order valence-electron chi connectivity index (χ4n) is 1.64. The molecule has 0 spiro atoms. The molecule has 1 heterocycles. The van der Waals surface area contributed by atoms with E-state index in [4.69, 9.17) is 16.1 Å². The molecule has 19 heavy (non-hydrogen) atoms. The maximum atomic E-state index is 11.3. The maximum Gasteiger partial charge on any atom is 0.246 e. The van der Waals surface area contributed by atoms with E-state index in [-0.39, 0.29) is 5.91 Å². The average Bonchev–Trinajstić information content (AvgIpc) is 2.85. The van der Waals surface area contributed by atoms with E-state index >= 15 is 0 Å². The smallest absolute Gasteiger partial charge is 0.246 e. The van der Waals surface area contributed by atoms with Gasteiger partial charge in [0.1, 0.15) is 0 Å². The molecule has 0 fully saturated rings. The molecule has 2 aromatic rings. The summed E-state index contributed by atoms with van der Waals surface area (Å²) in [4.78, 5) is 17.2. The van der Waals surface area contributed by atoms with Gasteiger partial charge in [-0.1, -0.05) is 16.8 Å². The predicted octanol–water partition coefficient (Wildman–Crippen LogP) is 2.76. The first-order valence-corrected chi connectivity index (χ1v) is 6.32. The molecule has 0 atom stereocenters. The monoisotopic (exact) mass is 279 g/mol. The number of benzene rings is 1. The molecule has 5 nitrogen and oxygen atoms in total. The molecule has 2 rings (SSSR count). The van der Waals surface area contributed by atoms with Crippen molar-refractivity contribution in [3.63, 3.8) is 0 Å². The second-order valence-electron chi connectivity index (χ2n) is 4.05. The van der Waals surface area contributed by atoms with E-state index in [2.05, 4.69) is 10.1 Å². The summed E-state index contributed by atoms with van der Waals surface area (Å²) in [6.45, 7) is 4.35. The highest BCUT2D eigenvalue weighted by Crippen LogP contribution is 2.19. The Labute approximate surface area is 116 Å². The van der Waals surface area contributed by atoms with Gasteiger partial charge >= 0.3 is 0 Å². The zero-order valence-electron chi connectivity index (χ0n) is 10.8. The number of rotatable bonds is 4. The molecular weight excluding hydrogens is 266 g/mol. The molecule has 0 aliphatic heterocycles. The number of hydrogen-bond donors (Lipinski definition) is 0. The van der Waals surface area contributed by atoms with Gasteiger partial charge in [0.2, 0.25) is 17.6 Å². The van der Waals surface area contributed by atoms with Crippen LogP contribution in [0.1, 0.15) is 19.7 Å². The first-order valence-electron chi connectivity index (χ1n) is 5.94. The zero-order chi connectivity index (χ0) is 13.8. The van der Waals surface area contributed by atoms with Crippen molar-refractivity contribution in [1.29, 1.82) is 0 Å². The summed E-state index contributed by atoms with van der Waals surface area (Å²) in [6, 6.07) is 7.17. The Kier molecular flexibility index (Phi) is 4.16. The van der Waals surface area contributed by atoms with E-state index in [1.54, 1.807) is 17.0 Å². The third-order valence-corrected chi connectivity index (χ3v) is 2.98. The Morgan fingerprint density at radius 2 is 2.05 bits per heavy atom. The molecule has 6 heteroatoms. The number of carbonyl (C=O) groups is 1. The molecule has 1 aromatic heterocycles. The van der Waals surface area contributed by atoms with Crippen LogP contribution in [0.25, 0.3) is 11.4 Å². The summed E-state index contributed by atoms with van der Waals surface area (Å²) >= 11 is 5.82. The van der Waals surface area contributed by atoms with Crippen molar-refractivity contribution in [3.8, 4) is 11.4 Å². The van der Waals surface area contributed by atoms with Crippen LogP contribution in [0.2, 0.25) is 5.02 Å². The van der Waals surface area contributed by atoms with Crippen molar-refractivity contribution >= 4 is 17.5 Å². The molecule has 100 valence electrons. The van der Waals surface area contributed by atoms with Crippen molar-refractivity contribution in [2.24, 2.45) is 0 Å². The van der Waals surface area contributed by atoms with E-state index in [0.29, 0.717) is 29.8 Å². The Morgan fingerprint density at radius 1 is 1.37 bits per heavy atom. The first kappa shape index (κ1) is 13.5. The van der Waals surface area contributed by atoms with Crippen molar-refractivity contribution in [1.82, 2.24) is 15.0 Å². The fraction of sp³-hybridized carbons (Fsp3) is 0.308. The molecule has 1 aromatic carbocycles. The van der Waals surface area contributed by atoms with Crippen molar-refractivity contribution in [3.05, 3.63) is 35.2 Å². The predicted molar refractivity (Wildman–Crippen MR) is 71.5 cm³/mol. The summed E-state index contributed by atoms with van der Waals surface area (Å²) < 4.78 is 5.14. The summed E-state index contributed by atoms with van der Waals surface area (Å²) in [7, 11) is 0. The van der Waals surface area contributed by atoms with Crippen LogP contribution in [0.15, 0.2) is 28.8 Å². The molecule has 0 unspecified atom stereocenters. The van der Waals surface area contributed by atoms with Gasteiger partial charge in [0.15, 0.2) is 0 Å². The van der Waals surface area contributed by atoms with E-state index < -0.39 is 0 Å². The number of halogens is 1. The number of nitrogens with zero attached hydrogens (tertiary/aromatic N) is 3. The minimum atomic E-state index is -0.0197. The van der Waals surface area contributed by atoms with Crippen LogP contribution in [-0.2, 0) is 11.3 Å². The van der Waals surface area contributed by atoms with Crippen LogP contribution in [0.4, 0.5) is 0 Å². The quantitative estimate of drug-likeness (QED) is 0.863. The highest BCUT2D eigenvalue weighted by molar-refractivity contribution is 6.30. The minimum absolute atomic E-state index is 0.0197. The Balaban J connectivity index is 2.15. The normalized spacial score (nSPS) is 10.5. The lowest BCUT2D eigenvalue weighted by atomic mass is 10.2. The van der Waals surface area contributed by atoms with Gasteiger partial charge in [-0.3, -0.25) is 4.79 Å². The fourth-order valence-corrected chi connectivity index (χ4v) is 1.77. The highest BCUT2D eigenvalue weighted by Gasteiger charge is 2.13. The molecule has 0 radical (unpaired) electrons. The largest absolute Gasteiger partial charge is 0.337 e. The number of aromatic nitrogens is 2. The molecule has 0 saturated heterocycles. The van der Waals surface area contributed by atoms with Crippen molar-refractivity contribution in [2.45, 2.75) is 20.4 Å². The highest BCUT2D eigenvalue weighted by atomic mass is 35.5.